The number of nitrogens with one attached hydrogen (secondary N) is 1. The Morgan fingerprint density at radius 2 is 2.00 bits per heavy atom. The first-order valence-electron chi connectivity index (χ1n) is 10.1. The molecule has 0 aliphatic heterocycles. The molecule has 0 fully saturated rings. The number of aryl methyl sites for hydroxylation is 2. The Labute approximate surface area is 172 Å². The third-order valence-electron chi connectivity index (χ3n) is 5.04. The lowest BCUT2D eigenvalue weighted by Crippen LogP contribution is -2.24. The van der Waals surface area contributed by atoms with E-state index in [-0.39, 0.29) is 5.91 Å². The monoisotopic (exact) mass is 391 g/mol. The molecule has 0 aliphatic rings. The van der Waals surface area contributed by atoms with Gasteiger partial charge >= 0.3 is 0 Å². The molecule has 5 heteroatoms. The van der Waals surface area contributed by atoms with Gasteiger partial charge in [-0.15, -0.1) is 0 Å². The summed E-state index contributed by atoms with van der Waals surface area (Å²) in [6, 6.07) is 14.3. The molecule has 0 unspecified atom stereocenters. The zero-order chi connectivity index (χ0) is 20.6. The second kappa shape index (κ2) is 9.92. The summed E-state index contributed by atoms with van der Waals surface area (Å²) in [6.45, 7) is 8.05. The molecule has 1 amide bonds. The van der Waals surface area contributed by atoms with Crippen molar-refractivity contribution in [3.05, 3.63) is 71.6 Å². The first-order valence-corrected chi connectivity index (χ1v) is 10.1. The second-order valence-electron chi connectivity index (χ2n) is 7.11. The highest BCUT2D eigenvalue weighted by Gasteiger charge is 2.11. The summed E-state index contributed by atoms with van der Waals surface area (Å²) in [6.07, 6.45) is 4.84. The van der Waals surface area contributed by atoms with E-state index in [1.807, 2.05) is 37.3 Å². The van der Waals surface area contributed by atoms with Gasteiger partial charge in [-0.25, -0.2) is 4.98 Å². The van der Waals surface area contributed by atoms with Crippen LogP contribution < -0.4 is 10.1 Å². The maximum atomic E-state index is 11.6. The van der Waals surface area contributed by atoms with Gasteiger partial charge in [0.1, 0.15) is 11.6 Å². The maximum absolute atomic E-state index is 11.6. The number of imidazole rings is 1. The largest absolute Gasteiger partial charge is 0.493 e. The SMILES string of the molecule is C/C=C/C(=O)NCCc1nc2ccccc2n1CCCOc1cccc(C)c1C. The summed E-state index contributed by atoms with van der Waals surface area (Å²) in [5, 5.41) is 2.90. The lowest BCUT2D eigenvalue weighted by atomic mass is 10.1. The summed E-state index contributed by atoms with van der Waals surface area (Å²) >= 11 is 0. The van der Waals surface area contributed by atoms with Crippen molar-refractivity contribution in [3.63, 3.8) is 0 Å². The number of carbonyl (C=O) groups is 1. The van der Waals surface area contributed by atoms with Crippen LogP contribution in [0.25, 0.3) is 11.0 Å². The molecule has 0 saturated heterocycles. The van der Waals surface area contributed by atoms with Gasteiger partial charge in [0.2, 0.25) is 5.91 Å². The van der Waals surface area contributed by atoms with Gasteiger partial charge in [-0.05, 0) is 62.6 Å². The van der Waals surface area contributed by atoms with Crippen LogP contribution >= 0.6 is 0 Å². The fourth-order valence-electron chi connectivity index (χ4n) is 3.36. The Bertz CT molecular complexity index is 1000. The van der Waals surface area contributed by atoms with Crippen molar-refractivity contribution in [2.45, 2.75) is 40.2 Å². The Kier molecular flexibility index (Phi) is 7.06. The average molecular weight is 392 g/mol. The molecule has 0 aliphatic carbocycles. The highest BCUT2D eigenvalue weighted by atomic mass is 16.5. The van der Waals surface area contributed by atoms with Crippen molar-refractivity contribution in [2.24, 2.45) is 0 Å². The van der Waals surface area contributed by atoms with Crippen LogP contribution in [-0.2, 0) is 17.8 Å². The molecule has 3 aromatic rings. The van der Waals surface area contributed by atoms with Crippen LogP contribution in [0.2, 0.25) is 0 Å². The molecule has 1 aromatic heterocycles. The molecular weight excluding hydrogens is 362 g/mol. The van der Waals surface area contributed by atoms with Gasteiger partial charge in [0.15, 0.2) is 0 Å². The van der Waals surface area contributed by atoms with E-state index in [1.54, 1.807) is 6.08 Å². The van der Waals surface area contributed by atoms with Crippen LogP contribution in [0.5, 0.6) is 5.75 Å². The van der Waals surface area contributed by atoms with E-state index in [4.69, 9.17) is 9.72 Å². The quantitative estimate of drug-likeness (QED) is 0.436. The van der Waals surface area contributed by atoms with Crippen LogP contribution in [0.15, 0.2) is 54.6 Å². The number of nitrogens with zero attached hydrogens (tertiary/aromatic N) is 2. The zero-order valence-corrected chi connectivity index (χ0v) is 17.4. The normalized spacial score (nSPS) is 11.3. The minimum atomic E-state index is -0.0721. The van der Waals surface area contributed by atoms with Crippen molar-refractivity contribution in [3.8, 4) is 5.75 Å². The van der Waals surface area contributed by atoms with E-state index in [0.29, 0.717) is 19.6 Å². The van der Waals surface area contributed by atoms with Crippen LogP contribution in [0.4, 0.5) is 0 Å². The average Bonchev–Trinajstić information content (AvgIpc) is 3.06. The van der Waals surface area contributed by atoms with Crippen LogP contribution in [-0.4, -0.2) is 28.6 Å². The van der Waals surface area contributed by atoms with Crippen molar-refractivity contribution in [1.29, 1.82) is 0 Å². The number of aromatic nitrogens is 2. The Hall–Kier alpha value is -3.08. The molecule has 5 nitrogen and oxygen atoms in total. The number of fused-ring (bicyclic) bond motifs is 1. The van der Waals surface area contributed by atoms with E-state index in [2.05, 4.69) is 35.9 Å². The molecule has 1 N–H and O–H groups in total. The Morgan fingerprint density at radius 3 is 2.83 bits per heavy atom. The summed E-state index contributed by atoms with van der Waals surface area (Å²) in [5.41, 5.74) is 4.54. The van der Waals surface area contributed by atoms with Gasteiger partial charge in [-0.1, -0.05) is 30.3 Å². The standard InChI is InChI=1S/C24H29N3O2/c1-4-9-24(28)25-15-14-23-26-20-11-5-6-12-21(20)27(23)16-8-17-29-22-13-7-10-18(2)19(22)3/h4-7,9-13H,8,14-17H2,1-3H3,(H,25,28)/b9-4+. The Morgan fingerprint density at radius 1 is 1.17 bits per heavy atom. The fourth-order valence-corrected chi connectivity index (χ4v) is 3.36. The number of hydrogen-bond donors (Lipinski definition) is 1. The van der Waals surface area contributed by atoms with Crippen molar-refractivity contribution in [2.75, 3.05) is 13.2 Å². The van der Waals surface area contributed by atoms with E-state index in [9.17, 15) is 4.79 Å². The fraction of sp³-hybridized carbons (Fsp3) is 0.333. The van der Waals surface area contributed by atoms with Crippen LogP contribution in [0.1, 0.15) is 30.3 Å². The summed E-state index contributed by atoms with van der Waals surface area (Å²) < 4.78 is 8.25. The number of allylic oxidation sites excluding steroid dienone is 1. The number of rotatable bonds is 9. The van der Waals surface area contributed by atoms with Gasteiger partial charge in [-0.3, -0.25) is 4.79 Å². The predicted octanol–water partition coefficient (Wildman–Crippen LogP) is 4.36. The van der Waals surface area contributed by atoms with E-state index in [1.165, 1.54) is 17.2 Å². The smallest absolute Gasteiger partial charge is 0.243 e. The van der Waals surface area contributed by atoms with Gasteiger partial charge in [0.25, 0.3) is 0 Å². The molecule has 1 heterocycles. The second-order valence-corrected chi connectivity index (χ2v) is 7.11. The van der Waals surface area contributed by atoms with Crippen LogP contribution in [0.3, 0.4) is 0 Å². The Balaban J connectivity index is 1.64. The summed E-state index contributed by atoms with van der Waals surface area (Å²) in [5.74, 6) is 1.86. The third-order valence-corrected chi connectivity index (χ3v) is 5.04. The zero-order valence-electron chi connectivity index (χ0n) is 17.4. The third kappa shape index (κ3) is 5.25. The van der Waals surface area contributed by atoms with Gasteiger partial charge in [-0.2, -0.15) is 0 Å². The van der Waals surface area contributed by atoms with Crippen molar-refractivity contribution < 1.29 is 9.53 Å². The molecule has 0 atom stereocenters. The molecular formula is C24H29N3O2. The predicted molar refractivity (Wildman–Crippen MR) is 117 cm³/mol. The van der Waals surface area contributed by atoms with Gasteiger partial charge in [0.05, 0.1) is 17.6 Å². The topological polar surface area (TPSA) is 56.2 Å². The number of carbonyl (C=O) groups excluding carboxylic acids is 1. The number of hydrogen-bond acceptors (Lipinski definition) is 3. The number of para-hydroxylation sites is 2. The first-order chi connectivity index (χ1) is 14.1. The molecule has 0 saturated carbocycles. The molecule has 3 rings (SSSR count). The molecule has 0 spiro atoms. The van der Waals surface area contributed by atoms with Crippen molar-refractivity contribution in [1.82, 2.24) is 14.9 Å². The van der Waals surface area contributed by atoms with Gasteiger partial charge < -0.3 is 14.6 Å². The number of ether oxygens (including phenoxy) is 1. The maximum Gasteiger partial charge on any atom is 0.243 e. The highest BCUT2D eigenvalue weighted by molar-refractivity contribution is 5.87. The van der Waals surface area contributed by atoms with E-state index < -0.39 is 0 Å². The highest BCUT2D eigenvalue weighted by Crippen LogP contribution is 2.21. The lowest BCUT2D eigenvalue weighted by Gasteiger charge is -2.13. The molecule has 0 radical (unpaired) electrons. The van der Waals surface area contributed by atoms with Crippen LogP contribution in [0, 0.1) is 13.8 Å². The molecule has 29 heavy (non-hydrogen) atoms. The van der Waals surface area contributed by atoms with Gasteiger partial charge in [0, 0.05) is 19.5 Å². The summed E-state index contributed by atoms with van der Waals surface area (Å²) in [7, 11) is 0. The lowest BCUT2D eigenvalue weighted by molar-refractivity contribution is -0.116. The van der Waals surface area contributed by atoms with Crippen molar-refractivity contribution >= 4 is 16.9 Å². The molecule has 0 bridgehead atoms. The first kappa shape index (κ1) is 20.6. The molecule has 2 aromatic carbocycles. The summed E-state index contributed by atoms with van der Waals surface area (Å²) in [4.78, 5) is 16.4. The molecule has 152 valence electrons. The minimum absolute atomic E-state index is 0.0721. The number of amides is 1. The van der Waals surface area contributed by atoms with E-state index in [0.717, 1.165) is 35.6 Å². The minimum Gasteiger partial charge on any atom is -0.493 e. The van der Waals surface area contributed by atoms with E-state index >= 15 is 0 Å². The number of benzene rings is 2.